The number of amidine groups is 1. The molecule has 6 rings (SSSR count). The molecule has 0 aliphatic carbocycles. The highest BCUT2D eigenvalue weighted by Gasteiger charge is 2.61. The predicted molar refractivity (Wildman–Crippen MR) is 189 cm³/mol. The zero-order valence-corrected chi connectivity index (χ0v) is 29.1. The molecule has 3 aromatic carbocycles. The van der Waals surface area contributed by atoms with Crippen LogP contribution in [0.4, 0.5) is 29.2 Å². The minimum absolute atomic E-state index is 0.165. The normalized spacial score (nSPS) is 19.0. The van der Waals surface area contributed by atoms with Gasteiger partial charge in [-0.25, -0.2) is 14.4 Å². The quantitative estimate of drug-likeness (QED) is 0.111. The number of nitrogens with one attached hydrogen (secondary N) is 2. The van der Waals surface area contributed by atoms with Gasteiger partial charge in [-0.15, -0.1) is 0 Å². The van der Waals surface area contributed by atoms with Gasteiger partial charge in [-0.2, -0.15) is 13.2 Å². The third-order valence-corrected chi connectivity index (χ3v) is 9.15. The molecule has 3 heterocycles. The van der Waals surface area contributed by atoms with Gasteiger partial charge in [-0.1, -0.05) is 54.6 Å². The summed E-state index contributed by atoms with van der Waals surface area (Å²) in [6.07, 6.45) is -3.41. The number of hydrogen-bond donors (Lipinski definition) is 2. The summed E-state index contributed by atoms with van der Waals surface area (Å²) < 4.78 is 83.6. The maximum Gasteiger partial charge on any atom is 0.424 e. The smallest absolute Gasteiger partial charge is 0.424 e. The Labute approximate surface area is 298 Å². The van der Waals surface area contributed by atoms with Crippen LogP contribution in [0.3, 0.4) is 0 Å². The van der Waals surface area contributed by atoms with Crippen molar-refractivity contribution >= 4 is 17.5 Å². The Bertz CT molecular complexity index is 2000. The van der Waals surface area contributed by atoms with E-state index < -0.39 is 41.1 Å². The largest absolute Gasteiger partial charge is 0.497 e. The lowest BCUT2D eigenvalue weighted by Crippen LogP contribution is -2.65. The molecule has 0 amide bonds. The highest BCUT2D eigenvalue weighted by atomic mass is 19.4. The summed E-state index contributed by atoms with van der Waals surface area (Å²) in [6.45, 7) is 1.75. The number of aromatic nitrogens is 2. The monoisotopic (exact) mass is 715 g/mol. The number of halogens is 4. The standard InChI is InChI=1S/C39H37F4N5O4/c1-36(33-30(40)21-22-32(45-33)46-34-31(51-5)12-9-23-44-34)24-52-37(2,39(41,42)43)35(47-36)48-38(25-10-7-6-8-11-25,26-13-17-28(49-3)18-14-26)27-15-19-29(50-4)20-16-27/h6-23H,24H2,1-5H3,(H,47,48)(H,44,45,46)/t36-,37+/m0/s1. The second-order valence-corrected chi connectivity index (χ2v) is 12.5. The minimum atomic E-state index is -4.95. The number of hydrogen-bond acceptors (Lipinski definition) is 9. The molecule has 1 aliphatic rings. The third kappa shape index (κ3) is 6.59. The van der Waals surface area contributed by atoms with Crippen LogP contribution in [0, 0.1) is 5.82 Å². The average molecular weight is 716 g/mol. The summed E-state index contributed by atoms with van der Waals surface area (Å²) in [5, 5.41) is 6.24. The Morgan fingerprint density at radius 1 is 0.731 bits per heavy atom. The highest BCUT2D eigenvalue weighted by molar-refractivity contribution is 5.94. The molecule has 13 heteroatoms. The molecule has 1 aliphatic heterocycles. The fraction of sp³-hybridized carbons (Fsp3) is 0.256. The summed E-state index contributed by atoms with van der Waals surface area (Å²) >= 11 is 0. The fourth-order valence-electron chi connectivity index (χ4n) is 6.15. The summed E-state index contributed by atoms with van der Waals surface area (Å²) in [6, 6.07) is 28.8. The Kier molecular flexibility index (Phi) is 9.82. The lowest BCUT2D eigenvalue weighted by Gasteiger charge is -2.46. The van der Waals surface area contributed by atoms with E-state index in [9.17, 15) is 0 Å². The first-order valence-corrected chi connectivity index (χ1v) is 16.2. The maximum atomic E-state index is 15.8. The van der Waals surface area contributed by atoms with Crippen molar-refractivity contribution in [1.29, 1.82) is 0 Å². The van der Waals surface area contributed by atoms with Crippen molar-refractivity contribution in [1.82, 2.24) is 15.3 Å². The van der Waals surface area contributed by atoms with Crippen molar-refractivity contribution < 1.29 is 36.5 Å². The summed E-state index contributed by atoms with van der Waals surface area (Å²) in [5.41, 5.74) is -4.71. The molecule has 0 saturated carbocycles. The number of rotatable bonds is 10. The molecule has 0 fully saturated rings. The Morgan fingerprint density at radius 3 is 1.88 bits per heavy atom. The van der Waals surface area contributed by atoms with E-state index in [0.29, 0.717) is 39.8 Å². The van der Waals surface area contributed by atoms with E-state index in [1.54, 1.807) is 84.9 Å². The summed E-state index contributed by atoms with van der Waals surface area (Å²) in [4.78, 5) is 13.5. The highest BCUT2D eigenvalue weighted by Crippen LogP contribution is 2.45. The number of alkyl halides is 3. The van der Waals surface area contributed by atoms with Gasteiger partial charge in [0.25, 0.3) is 0 Å². The second kappa shape index (κ2) is 14.1. The number of anilines is 2. The van der Waals surface area contributed by atoms with Crippen LogP contribution in [-0.2, 0) is 15.8 Å². The van der Waals surface area contributed by atoms with Gasteiger partial charge in [-0.05, 0) is 79.1 Å². The average Bonchev–Trinajstić information content (AvgIpc) is 3.16. The first-order valence-electron chi connectivity index (χ1n) is 16.2. The molecule has 2 atom stereocenters. The number of pyridine rings is 2. The summed E-state index contributed by atoms with van der Waals surface area (Å²) in [5.74, 6) is 0.593. The lowest BCUT2D eigenvalue weighted by molar-refractivity contribution is -0.250. The lowest BCUT2D eigenvalue weighted by atomic mass is 9.76. The van der Waals surface area contributed by atoms with Crippen molar-refractivity contribution in [2.75, 3.05) is 33.3 Å². The Balaban J connectivity index is 1.57. The molecular formula is C39H37F4N5O4. The molecule has 0 spiro atoms. The molecule has 5 aromatic rings. The SMILES string of the molecule is COc1ccc(C(NC2=N[C@](C)(c3nc(Nc4ncccc4OC)ccc3F)CO[C@@]2(C)C(F)(F)F)(c2ccccc2)c2ccc(OC)cc2)cc1. The van der Waals surface area contributed by atoms with Crippen molar-refractivity contribution in [3.8, 4) is 17.2 Å². The maximum absolute atomic E-state index is 15.8. The van der Waals surface area contributed by atoms with Gasteiger partial charge in [0.15, 0.2) is 11.6 Å². The van der Waals surface area contributed by atoms with Crippen LogP contribution < -0.4 is 24.8 Å². The van der Waals surface area contributed by atoms with Crippen molar-refractivity contribution in [2.24, 2.45) is 4.99 Å². The van der Waals surface area contributed by atoms with Gasteiger partial charge in [0.05, 0.1) is 27.9 Å². The van der Waals surface area contributed by atoms with E-state index in [2.05, 4.69) is 20.6 Å². The molecule has 0 unspecified atom stereocenters. The molecule has 2 N–H and O–H groups in total. The predicted octanol–water partition coefficient (Wildman–Crippen LogP) is 7.93. The second-order valence-electron chi connectivity index (χ2n) is 12.5. The van der Waals surface area contributed by atoms with Crippen LogP contribution in [0.5, 0.6) is 17.2 Å². The van der Waals surface area contributed by atoms with E-state index in [-0.39, 0.29) is 11.5 Å². The first-order chi connectivity index (χ1) is 24.9. The first kappa shape index (κ1) is 36.1. The van der Waals surface area contributed by atoms with Crippen LogP contribution in [-0.4, -0.2) is 55.5 Å². The van der Waals surface area contributed by atoms with Crippen LogP contribution in [0.1, 0.15) is 36.2 Å². The minimum Gasteiger partial charge on any atom is -0.497 e. The van der Waals surface area contributed by atoms with Gasteiger partial charge in [-0.3, -0.25) is 4.99 Å². The topological polar surface area (TPSA) is 99.1 Å². The van der Waals surface area contributed by atoms with Crippen molar-refractivity contribution in [3.05, 3.63) is 138 Å². The Hall–Kier alpha value is -5.69. The molecule has 52 heavy (non-hydrogen) atoms. The molecule has 0 radical (unpaired) electrons. The van der Waals surface area contributed by atoms with E-state index in [1.807, 2.05) is 6.07 Å². The molecule has 0 bridgehead atoms. The van der Waals surface area contributed by atoms with Crippen molar-refractivity contribution in [3.63, 3.8) is 0 Å². The zero-order chi connectivity index (χ0) is 37.1. The van der Waals surface area contributed by atoms with Crippen LogP contribution in [0.2, 0.25) is 0 Å². The van der Waals surface area contributed by atoms with Gasteiger partial charge in [0.2, 0.25) is 5.60 Å². The van der Waals surface area contributed by atoms with E-state index in [4.69, 9.17) is 23.9 Å². The van der Waals surface area contributed by atoms with Crippen LogP contribution in [0.15, 0.2) is 114 Å². The number of ether oxygens (including phenoxy) is 4. The molecular weight excluding hydrogens is 678 g/mol. The van der Waals surface area contributed by atoms with Gasteiger partial charge < -0.3 is 29.6 Å². The number of benzene rings is 3. The van der Waals surface area contributed by atoms with Crippen LogP contribution in [0.25, 0.3) is 0 Å². The van der Waals surface area contributed by atoms with Gasteiger partial charge >= 0.3 is 6.18 Å². The zero-order valence-electron chi connectivity index (χ0n) is 29.1. The van der Waals surface area contributed by atoms with E-state index in [0.717, 1.165) is 13.0 Å². The molecule has 0 saturated heterocycles. The summed E-state index contributed by atoms with van der Waals surface area (Å²) in [7, 11) is 4.52. The van der Waals surface area contributed by atoms with Crippen LogP contribution >= 0.6 is 0 Å². The van der Waals surface area contributed by atoms with Crippen molar-refractivity contribution in [2.45, 2.75) is 36.7 Å². The van der Waals surface area contributed by atoms with E-state index in [1.165, 1.54) is 40.5 Å². The third-order valence-electron chi connectivity index (χ3n) is 9.15. The number of methoxy groups -OCH3 is 3. The molecule has 9 nitrogen and oxygen atoms in total. The number of nitrogens with zero attached hydrogens (tertiary/aromatic N) is 3. The van der Waals surface area contributed by atoms with E-state index >= 15 is 17.6 Å². The Morgan fingerprint density at radius 2 is 1.33 bits per heavy atom. The van der Waals surface area contributed by atoms with Gasteiger partial charge in [0.1, 0.15) is 45.7 Å². The fourth-order valence-corrected chi connectivity index (χ4v) is 6.15. The molecule has 2 aromatic heterocycles. The molecule has 270 valence electrons. The van der Waals surface area contributed by atoms with Gasteiger partial charge in [0, 0.05) is 6.20 Å². The number of aliphatic imine (C=N–C) groups is 1.